The Morgan fingerprint density at radius 2 is 1.89 bits per heavy atom. The number of pyridine rings is 1. The first-order chi connectivity index (χ1) is 13.7. The van der Waals surface area contributed by atoms with Crippen LogP contribution < -0.4 is 5.32 Å². The van der Waals surface area contributed by atoms with Crippen LogP contribution in [0.5, 0.6) is 0 Å². The van der Waals surface area contributed by atoms with Gasteiger partial charge in [-0.3, -0.25) is 10.2 Å². The van der Waals surface area contributed by atoms with Crippen LogP contribution in [0.2, 0.25) is 0 Å². The molecule has 2 amide bonds. The summed E-state index contributed by atoms with van der Waals surface area (Å²) in [6.45, 7) is 3.59. The zero-order valence-electron chi connectivity index (χ0n) is 15.2. The molecule has 3 aromatic rings. The third-order valence-electron chi connectivity index (χ3n) is 4.58. The first-order valence-electron chi connectivity index (χ1n) is 9.07. The lowest BCUT2D eigenvalue weighted by Crippen LogP contribution is -2.49. The van der Waals surface area contributed by atoms with Crippen molar-refractivity contribution in [2.24, 2.45) is 0 Å². The van der Waals surface area contributed by atoms with E-state index in [1.54, 1.807) is 16.2 Å². The molecule has 0 spiro atoms. The SMILES string of the molecule is O=C(Nc1ccc(F)cn1)N1CCN(Cc2csc(-c3ccccc3)n2)CC1. The van der Waals surface area contributed by atoms with Crippen LogP contribution in [0.25, 0.3) is 10.6 Å². The zero-order valence-corrected chi connectivity index (χ0v) is 16.0. The number of urea groups is 1. The summed E-state index contributed by atoms with van der Waals surface area (Å²) in [6.07, 6.45) is 1.09. The molecular formula is C20H20FN5OS. The molecule has 0 aliphatic carbocycles. The van der Waals surface area contributed by atoms with Gasteiger partial charge in [-0.25, -0.2) is 19.2 Å². The predicted octanol–water partition coefficient (Wildman–Crippen LogP) is 3.69. The second-order valence-electron chi connectivity index (χ2n) is 6.57. The van der Waals surface area contributed by atoms with Gasteiger partial charge in [-0.1, -0.05) is 30.3 Å². The first-order valence-corrected chi connectivity index (χ1v) is 9.95. The van der Waals surface area contributed by atoms with Gasteiger partial charge in [0.25, 0.3) is 0 Å². The average molecular weight is 397 g/mol. The van der Waals surface area contributed by atoms with E-state index in [9.17, 15) is 9.18 Å². The summed E-state index contributed by atoms with van der Waals surface area (Å²) in [4.78, 5) is 25.0. The Kier molecular flexibility index (Phi) is 5.59. The highest BCUT2D eigenvalue weighted by atomic mass is 32.1. The molecule has 6 nitrogen and oxygen atoms in total. The Balaban J connectivity index is 1.28. The fourth-order valence-electron chi connectivity index (χ4n) is 3.07. The standard InChI is InChI=1S/C20H20FN5OS/c21-16-6-7-18(22-12-16)24-20(27)26-10-8-25(9-11-26)13-17-14-28-19(23-17)15-4-2-1-3-5-15/h1-7,12,14H,8-11,13H2,(H,22,24,27). The number of amides is 2. The minimum atomic E-state index is -0.427. The number of carbonyl (C=O) groups is 1. The molecule has 8 heteroatoms. The fraction of sp³-hybridized carbons (Fsp3) is 0.250. The van der Waals surface area contributed by atoms with E-state index < -0.39 is 5.82 Å². The van der Waals surface area contributed by atoms with Crippen molar-refractivity contribution in [3.63, 3.8) is 0 Å². The molecule has 1 saturated heterocycles. The molecule has 1 fully saturated rings. The number of rotatable bonds is 4. The van der Waals surface area contributed by atoms with Crippen LogP contribution >= 0.6 is 11.3 Å². The Hall–Kier alpha value is -2.84. The lowest BCUT2D eigenvalue weighted by Gasteiger charge is -2.34. The van der Waals surface area contributed by atoms with Gasteiger partial charge >= 0.3 is 6.03 Å². The van der Waals surface area contributed by atoms with E-state index in [-0.39, 0.29) is 6.03 Å². The number of nitrogens with one attached hydrogen (secondary N) is 1. The van der Waals surface area contributed by atoms with E-state index in [2.05, 4.69) is 32.7 Å². The summed E-state index contributed by atoms with van der Waals surface area (Å²) in [7, 11) is 0. The average Bonchev–Trinajstić information content (AvgIpc) is 3.19. The van der Waals surface area contributed by atoms with Crippen molar-refractivity contribution in [3.8, 4) is 10.6 Å². The van der Waals surface area contributed by atoms with Gasteiger partial charge in [0.15, 0.2) is 0 Å². The summed E-state index contributed by atoms with van der Waals surface area (Å²) in [5, 5.41) is 5.83. The number of hydrogen-bond acceptors (Lipinski definition) is 5. The van der Waals surface area contributed by atoms with Crippen molar-refractivity contribution in [1.82, 2.24) is 19.8 Å². The van der Waals surface area contributed by atoms with E-state index in [1.807, 2.05) is 18.2 Å². The Morgan fingerprint density at radius 3 is 2.61 bits per heavy atom. The molecule has 4 rings (SSSR count). The summed E-state index contributed by atoms with van der Waals surface area (Å²) in [6, 6.07) is 12.7. The monoisotopic (exact) mass is 397 g/mol. The quantitative estimate of drug-likeness (QED) is 0.729. The smallest absolute Gasteiger partial charge is 0.322 e. The Morgan fingerprint density at radius 1 is 1.11 bits per heavy atom. The molecule has 0 atom stereocenters. The number of anilines is 1. The molecule has 144 valence electrons. The fourth-order valence-corrected chi connectivity index (χ4v) is 3.89. The van der Waals surface area contributed by atoms with Crippen molar-refractivity contribution >= 4 is 23.2 Å². The molecule has 28 heavy (non-hydrogen) atoms. The number of nitrogens with zero attached hydrogens (tertiary/aromatic N) is 4. The van der Waals surface area contributed by atoms with E-state index in [4.69, 9.17) is 4.98 Å². The van der Waals surface area contributed by atoms with Gasteiger partial charge in [0.1, 0.15) is 16.6 Å². The third-order valence-corrected chi connectivity index (χ3v) is 5.52. The van der Waals surface area contributed by atoms with Crippen molar-refractivity contribution < 1.29 is 9.18 Å². The number of hydrogen-bond donors (Lipinski definition) is 1. The largest absolute Gasteiger partial charge is 0.323 e. The third kappa shape index (κ3) is 4.52. The number of benzene rings is 1. The van der Waals surface area contributed by atoms with Crippen LogP contribution in [0.1, 0.15) is 5.69 Å². The number of thiazole rings is 1. The van der Waals surface area contributed by atoms with Crippen LogP contribution in [-0.2, 0) is 6.54 Å². The second kappa shape index (κ2) is 8.45. The molecule has 0 unspecified atom stereocenters. The summed E-state index contributed by atoms with van der Waals surface area (Å²) in [5.41, 5.74) is 2.19. The van der Waals surface area contributed by atoms with Gasteiger partial charge in [0.05, 0.1) is 11.9 Å². The molecule has 1 aliphatic rings. The minimum absolute atomic E-state index is 0.209. The van der Waals surface area contributed by atoms with Crippen LogP contribution in [0, 0.1) is 5.82 Å². The van der Waals surface area contributed by atoms with Gasteiger partial charge in [-0.15, -0.1) is 11.3 Å². The minimum Gasteiger partial charge on any atom is -0.322 e. The topological polar surface area (TPSA) is 61.4 Å². The van der Waals surface area contributed by atoms with Gasteiger partial charge in [0, 0.05) is 43.7 Å². The van der Waals surface area contributed by atoms with E-state index in [1.165, 1.54) is 12.1 Å². The predicted molar refractivity (Wildman–Crippen MR) is 108 cm³/mol. The van der Waals surface area contributed by atoms with E-state index in [0.29, 0.717) is 18.9 Å². The Bertz CT molecular complexity index is 923. The van der Waals surface area contributed by atoms with Crippen LogP contribution in [0.3, 0.4) is 0 Å². The number of piperazine rings is 1. The van der Waals surface area contributed by atoms with Crippen molar-refractivity contribution in [2.75, 3.05) is 31.5 Å². The maximum absolute atomic E-state index is 12.9. The molecule has 1 aliphatic heterocycles. The highest BCUT2D eigenvalue weighted by molar-refractivity contribution is 7.13. The number of halogens is 1. The molecule has 0 saturated carbocycles. The van der Waals surface area contributed by atoms with E-state index in [0.717, 1.165) is 42.1 Å². The second-order valence-corrected chi connectivity index (χ2v) is 7.42. The Labute approximate surface area is 166 Å². The van der Waals surface area contributed by atoms with E-state index >= 15 is 0 Å². The molecule has 0 bridgehead atoms. The van der Waals surface area contributed by atoms with Crippen molar-refractivity contribution in [2.45, 2.75) is 6.54 Å². The summed E-state index contributed by atoms with van der Waals surface area (Å²) >= 11 is 1.65. The lowest BCUT2D eigenvalue weighted by molar-refractivity contribution is 0.142. The number of carbonyl (C=O) groups excluding carboxylic acids is 1. The van der Waals surface area contributed by atoms with Crippen LogP contribution in [0.4, 0.5) is 15.0 Å². The molecule has 1 N–H and O–H groups in total. The normalized spacial score (nSPS) is 14.8. The molecule has 0 radical (unpaired) electrons. The summed E-state index contributed by atoms with van der Waals surface area (Å²) in [5.74, 6) is -0.0752. The first kappa shape index (κ1) is 18.5. The summed E-state index contributed by atoms with van der Waals surface area (Å²) < 4.78 is 12.9. The maximum Gasteiger partial charge on any atom is 0.323 e. The van der Waals surface area contributed by atoms with Gasteiger partial charge < -0.3 is 4.90 Å². The van der Waals surface area contributed by atoms with Crippen LogP contribution in [-0.4, -0.2) is 52.0 Å². The molecular weight excluding hydrogens is 377 g/mol. The highest BCUT2D eigenvalue weighted by Crippen LogP contribution is 2.24. The van der Waals surface area contributed by atoms with Crippen molar-refractivity contribution in [1.29, 1.82) is 0 Å². The van der Waals surface area contributed by atoms with Crippen LogP contribution in [0.15, 0.2) is 54.0 Å². The highest BCUT2D eigenvalue weighted by Gasteiger charge is 2.22. The zero-order chi connectivity index (χ0) is 19.3. The number of aromatic nitrogens is 2. The van der Waals surface area contributed by atoms with Gasteiger partial charge in [-0.2, -0.15) is 0 Å². The molecule has 3 heterocycles. The van der Waals surface area contributed by atoms with Gasteiger partial charge in [-0.05, 0) is 12.1 Å². The molecule has 2 aromatic heterocycles. The molecule has 1 aromatic carbocycles. The maximum atomic E-state index is 12.9. The van der Waals surface area contributed by atoms with Crippen molar-refractivity contribution in [3.05, 3.63) is 65.6 Å². The van der Waals surface area contributed by atoms with Gasteiger partial charge in [0.2, 0.25) is 0 Å². The lowest BCUT2D eigenvalue weighted by atomic mass is 10.2.